The highest BCUT2D eigenvalue weighted by molar-refractivity contribution is 5.83. The molecule has 0 radical (unpaired) electrons. The summed E-state index contributed by atoms with van der Waals surface area (Å²) >= 11 is 0. The average molecular weight is 329 g/mol. The highest BCUT2D eigenvalue weighted by Crippen LogP contribution is 2.32. The van der Waals surface area contributed by atoms with E-state index in [1.54, 1.807) is 18.5 Å². The number of aryl methyl sites for hydroxylation is 1. The number of hydrogen-bond donors (Lipinski definition) is 1. The number of fused-ring (bicyclic) bond motifs is 1. The van der Waals surface area contributed by atoms with Crippen LogP contribution in [0.4, 0.5) is 5.95 Å². The van der Waals surface area contributed by atoms with Crippen molar-refractivity contribution in [2.75, 3.05) is 18.0 Å². The Labute approximate surface area is 142 Å². The van der Waals surface area contributed by atoms with Gasteiger partial charge in [0.1, 0.15) is 0 Å². The van der Waals surface area contributed by atoms with Gasteiger partial charge in [-0.3, -0.25) is 9.36 Å². The Morgan fingerprint density at radius 2 is 1.88 bits per heavy atom. The van der Waals surface area contributed by atoms with Crippen molar-refractivity contribution in [1.29, 1.82) is 0 Å². The lowest BCUT2D eigenvalue weighted by molar-refractivity contribution is 0.200. The van der Waals surface area contributed by atoms with Crippen LogP contribution in [0.3, 0.4) is 0 Å². The average Bonchev–Trinajstić information content (AvgIpc) is 2.51. The summed E-state index contributed by atoms with van der Waals surface area (Å²) in [6, 6.07) is 3.78. The van der Waals surface area contributed by atoms with Crippen molar-refractivity contribution in [3.63, 3.8) is 0 Å². The Hall–Kier alpha value is -1.88. The zero-order chi connectivity index (χ0) is 17.6. The quantitative estimate of drug-likeness (QED) is 0.920. The zero-order valence-corrected chi connectivity index (χ0v) is 15.3. The largest absolute Gasteiger partial charge is 0.389 e. The van der Waals surface area contributed by atoms with Crippen LogP contribution in [0.1, 0.15) is 50.8 Å². The normalized spacial score (nSPS) is 18.8. The molecule has 1 aromatic carbocycles. The van der Waals surface area contributed by atoms with E-state index >= 15 is 0 Å². The molecule has 0 spiro atoms. The number of piperidine rings is 1. The fraction of sp³-hybridized carbons (Fsp3) is 0.579. The van der Waals surface area contributed by atoms with Gasteiger partial charge in [-0.1, -0.05) is 19.9 Å². The maximum atomic E-state index is 12.9. The maximum absolute atomic E-state index is 12.9. The molecule has 1 aliphatic rings. The van der Waals surface area contributed by atoms with Gasteiger partial charge in [-0.25, -0.2) is 4.98 Å². The number of aromatic nitrogens is 2. The number of aliphatic hydroxyl groups is 1. The lowest BCUT2D eigenvalue weighted by Gasteiger charge is -2.38. The molecule has 130 valence electrons. The van der Waals surface area contributed by atoms with Gasteiger partial charge < -0.3 is 10.0 Å². The number of nitrogens with zero attached hydrogens (tertiary/aromatic N) is 3. The van der Waals surface area contributed by atoms with Crippen LogP contribution in [0.25, 0.3) is 10.9 Å². The van der Waals surface area contributed by atoms with Crippen LogP contribution in [0, 0.1) is 12.3 Å². The van der Waals surface area contributed by atoms with E-state index in [0.717, 1.165) is 37.1 Å². The molecule has 2 aromatic rings. The number of hydrogen-bond acceptors (Lipinski definition) is 4. The fourth-order valence-corrected chi connectivity index (χ4v) is 3.45. The second kappa shape index (κ2) is 5.88. The van der Waals surface area contributed by atoms with Crippen molar-refractivity contribution in [2.45, 2.75) is 46.6 Å². The van der Waals surface area contributed by atoms with Crippen molar-refractivity contribution in [3.05, 3.63) is 33.6 Å². The first kappa shape index (κ1) is 17.0. The van der Waals surface area contributed by atoms with Gasteiger partial charge in [-0.15, -0.1) is 0 Å². The van der Waals surface area contributed by atoms with E-state index in [1.165, 1.54) is 0 Å². The van der Waals surface area contributed by atoms with Crippen LogP contribution in [-0.4, -0.2) is 27.7 Å². The van der Waals surface area contributed by atoms with Gasteiger partial charge in [0, 0.05) is 25.7 Å². The van der Waals surface area contributed by atoms with E-state index in [4.69, 9.17) is 4.98 Å². The Morgan fingerprint density at radius 1 is 1.25 bits per heavy atom. The third kappa shape index (κ3) is 2.93. The Morgan fingerprint density at radius 3 is 2.46 bits per heavy atom. The van der Waals surface area contributed by atoms with Gasteiger partial charge >= 0.3 is 0 Å². The van der Waals surface area contributed by atoms with Crippen LogP contribution in [-0.2, 0) is 7.05 Å². The zero-order valence-electron chi connectivity index (χ0n) is 15.3. The molecular weight excluding hydrogens is 302 g/mol. The molecule has 0 bridgehead atoms. The molecule has 1 aromatic heterocycles. The second-order valence-electron chi connectivity index (χ2n) is 7.85. The Balaban J connectivity index is 2.17. The van der Waals surface area contributed by atoms with Crippen molar-refractivity contribution < 1.29 is 5.11 Å². The minimum absolute atomic E-state index is 0.0505. The molecule has 1 saturated heterocycles. The first-order valence-electron chi connectivity index (χ1n) is 8.64. The predicted molar refractivity (Wildman–Crippen MR) is 97.6 cm³/mol. The molecular formula is C19H27N3O2. The molecule has 1 fully saturated rings. The molecule has 24 heavy (non-hydrogen) atoms. The molecule has 0 saturated carbocycles. The molecule has 1 aliphatic heterocycles. The lowest BCUT2D eigenvalue weighted by Crippen LogP contribution is -2.40. The number of benzene rings is 1. The molecule has 5 heteroatoms. The lowest BCUT2D eigenvalue weighted by atomic mass is 9.83. The molecule has 0 aliphatic carbocycles. The van der Waals surface area contributed by atoms with Crippen molar-refractivity contribution >= 4 is 16.9 Å². The predicted octanol–water partition coefficient (Wildman–Crippen LogP) is 2.92. The Bertz CT molecular complexity index is 827. The molecule has 0 amide bonds. The molecule has 5 nitrogen and oxygen atoms in total. The van der Waals surface area contributed by atoms with Crippen molar-refractivity contribution in [2.24, 2.45) is 12.5 Å². The smallest absolute Gasteiger partial charge is 0.262 e. The summed E-state index contributed by atoms with van der Waals surface area (Å²) in [5.41, 5.74) is 2.60. The van der Waals surface area contributed by atoms with E-state index in [0.29, 0.717) is 22.3 Å². The van der Waals surface area contributed by atoms with Crippen molar-refractivity contribution in [1.82, 2.24) is 9.55 Å². The van der Waals surface area contributed by atoms with Gasteiger partial charge in [0.15, 0.2) is 0 Å². The molecule has 1 unspecified atom stereocenters. The summed E-state index contributed by atoms with van der Waals surface area (Å²) < 4.78 is 1.64. The minimum atomic E-state index is -0.653. The highest BCUT2D eigenvalue weighted by Gasteiger charge is 2.28. The fourth-order valence-electron chi connectivity index (χ4n) is 3.45. The standard InChI is InChI=1S/C19H27N3O2/c1-12-10-14(13(2)23)16-15(11-12)17(24)21(5)18(20-16)22-8-6-19(3,4)7-9-22/h10-11,13,23H,6-9H2,1-5H3. The molecule has 1 N–H and O–H groups in total. The first-order chi connectivity index (χ1) is 11.2. The Kier molecular flexibility index (Phi) is 4.16. The summed E-state index contributed by atoms with van der Waals surface area (Å²) in [7, 11) is 1.79. The minimum Gasteiger partial charge on any atom is -0.389 e. The van der Waals surface area contributed by atoms with Gasteiger partial charge in [-0.2, -0.15) is 0 Å². The van der Waals surface area contributed by atoms with Gasteiger partial charge in [-0.05, 0) is 43.7 Å². The van der Waals surface area contributed by atoms with E-state index in [9.17, 15) is 9.90 Å². The number of rotatable bonds is 2. The number of aliphatic hydroxyl groups excluding tert-OH is 1. The van der Waals surface area contributed by atoms with E-state index in [-0.39, 0.29) is 5.56 Å². The third-order valence-corrected chi connectivity index (χ3v) is 5.18. The van der Waals surface area contributed by atoms with Crippen LogP contribution < -0.4 is 10.5 Å². The topological polar surface area (TPSA) is 58.4 Å². The monoisotopic (exact) mass is 329 g/mol. The van der Waals surface area contributed by atoms with Crippen LogP contribution in [0.2, 0.25) is 0 Å². The maximum Gasteiger partial charge on any atom is 0.262 e. The first-order valence-corrected chi connectivity index (χ1v) is 8.64. The highest BCUT2D eigenvalue weighted by atomic mass is 16.3. The molecule has 3 rings (SSSR count). The van der Waals surface area contributed by atoms with Crippen molar-refractivity contribution in [3.8, 4) is 0 Å². The van der Waals surface area contributed by atoms with Gasteiger partial charge in [0.05, 0.1) is 17.0 Å². The van der Waals surface area contributed by atoms with E-state index < -0.39 is 6.10 Å². The van der Waals surface area contributed by atoms with Crippen LogP contribution >= 0.6 is 0 Å². The van der Waals surface area contributed by atoms with E-state index in [1.807, 2.05) is 19.1 Å². The second-order valence-corrected chi connectivity index (χ2v) is 7.85. The van der Waals surface area contributed by atoms with Crippen LogP contribution in [0.5, 0.6) is 0 Å². The molecule has 1 atom stereocenters. The van der Waals surface area contributed by atoms with Gasteiger partial charge in [0.2, 0.25) is 5.95 Å². The van der Waals surface area contributed by atoms with E-state index in [2.05, 4.69) is 18.7 Å². The number of anilines is 1. The molecule has 2 heterocycles. The van der Waals surface area contributed by atoms with Gasteiger partial charge in [0.25, 0.3) is 5.56 Å². The summed E-state index contributed by atoms with van der Waals surface area (Å²) in [4.78, 5) is 19.9. The van der Waals surface area contributed by atoms with Crippen LogP contribution in [0.15, 0.2) is 16.9 Å². The summed E-state index contributed by atoms with van der Waals surface area (Å²) in [5.74, 6) is 0.703. The summed E-state index contributed by atoms with van der Waals surface area (Å²) in [6.07, 6.45) is 1.51. The summed E-state index contributed by atoms with van der Waals surface area (Å²) in [5, 5.41) is 10.7. The summed E-state index contributed by atoms with van der Waals surface area (Å²) in [6.45, 7) is 10.0. The SMILES string of the molecule is Cc1cc(C(C)O)c2nc(N3CCC(C)(C)CC3)n(C)c(=O)c2c1. The third-order valence-electron chi connectivity index (χ3n) is 5.18.